The van der Waals surface area contributed by atoms with E-state index >= 15 is 0 Å². The van der Waals surface area contributed by atoms with Crippen molar-refractivity contribution in [2.24, 2.45) is 0 Å². The summed E-state index contributed by atoms with van der Waals surface area (Å²) in [6.45, 7) is 8.72. The van der Waals surface area contributed by atoms with E-state index in [9.17, 15) is 4.39 Å². The van der Waals surface area contributed by atoms with Gasteiger partial charge >= 0.3 is 0 Å². The van der Waals surface area contributed by atoms with E-state index in [1.54, 1.807) is 6.07 Å². The lowest BCUT2D eigenvalue weighted by molar-refractivity contribution is 0.0974. The zero-order valence-electron chi connectivity index (χ0n) is 15.2. The average molecular weight is 358 g/mol. The first-order chi connectivity index (χ1) is 12.7. The molecule has 0 bridgehead atoms. The number of imidazole rings is 1. The lowest BCUT2D eigenvalue weighted by Gasteiger charge is -2.40. The topological polar surface area (TPSA) is 33.5 Å². The highest BCUT2D eigenvalue weighted by Gasteiger charge is 2.39. The molecule has 2 saturated heterocycles. The number of piperazine rings is 1. The second-order valence-electron chi connectivity index (χ2n) is 7.51. The van der Waals surface area contributed by atoms with Crippen LogP contribution >= 0.6 is 0 Å². The third kappa shape index (κ3) is 3.98. The maximum absolute atomic E-state index is 13.8. The van der Waals surface area contributed by atoms with Gasteiger partial charge in [-0.3, -0.25) is 9.80 Å². The Morgan fingerprint density at radius 2 is 1.96 bits per heavy atom. The van der Waals surface area contributed by atoms with E-state index < -0.39 is 0 Å². The lowest BCUT2D eigenvalue weighted by atomic mass is 9.79. The number of halogens is 1. The quantitative estimate of drug-likeness (QED) is 0.791. The molecular weight excluding hydrogens is 331 g/mol. The Balaban J connectivity index is 1.33. The Hall–Kier alpha value is -1.76. The van der Waals surface area contributed by atoms with Crippen molar-refractivity contribution >= 4 is 0 Å². The summed E-state index contributed by atoms with van der Waals surface area (Å²) in [6.07, 6.45) is 6.68. The molecule has 0 aliphatic carbocycles. The number of hydrogen-bond acceptors (Lipinski definition) is 4. The highest BCUT2D eigenvalue weighted by molar-refractivity contribution is 5.28. The van der Waals surface area contributed by atoms with E-state index in [-0.39, 0.29) is 11.2 Å². The van der Waals surface area contributed by atoms with Crippen LogP contribution in [0.4, 0.5) is 4.39 Å². The van der Waals surface area contributed by atoms with Crippen LogP contribution in [0.2, 0.25) is 0 Å². The van der Waals surface area contributed by atoms with Gasteiger partial charge in [-0.2, -0.15) is 0 Å². The fourth-order valence-electron chi connectivity index (χ4n) is 4.14. The van der Waals surface area contributed by atoms with E-state index in [4.69, 9.17) is 4.74 Å². The fraction of sp³-hybridized carbons (Fsp3) is 0.550. The van der Waals surface area contributed by atoms with Crippen LogP contribution < -0.4 is 0 Å². The molecule has 0 N–H and O–H groups in total. The Morgan fingerprint density at radius 1 is 1.12 bits per heavy atom. The minimum Gasteiger partial charge on any atom is -0.380 e. The number of ether oxygens (including phenoxy) is 1. The van der Waals surface area contributed by atoms with Crippen molar-refractivity contribution in [2.45, 2.75) is 18.4 Å². The van der Waals surface area contributed by atoms with Gasteiger partial charge in [0.25, 0.3) is 0 Å². The van der Waals surface area contributed by atoms with Crippen LogP contribution in [0.1, 0.15) is 12.0 Å². The summed E-state index contributed by atoms with van der Waals surface area (Å²) in [4.78, 5) is 9.13. The summed E-state index contributed by atoms with van der Waals surface area (Å²) in [7, 11) is 0. The molecule has 6 heteroatoms. The average Bonchev–Trinajstić information content (AvgIpc) is 3.34. The second-order valence-corrected chi connectivity index (χ2v) is 7.51. The van der Waals surface area contributed by atoms with Crippen LogP contribution in [0.15, 0.2) is 43.0 Å². The van der Waals surface area contributed by atoms with Crippen LogP contribution in [0, 0.1) is 5.82 Å². The molecule has 1 unspecified atom stereocenters. The van der Waals surface area contributed by atoms with Crippen LogP contribution in [-0.2, 0) is 16.7 Å². The van der Waals surface area contributed by atoms with Gasteiger partial charge in [0.1, 0.15) is 5.82 Å². The molecule has 2 aromatic rings. The summed E-state index contributed by atoms with van der Waals surface area (Å²) >= 11 is 0. The van der Waals surface area contributed by atoms with Gasteiger partial charge in [-0.15, -0.1) is 0 Å². The minimum atomic E-state index is -0.155. The van der Waals surface area contributed by atoms with Crippen molar-refractivity contribution in [3.05, 3.63) is 54.4 Å². The highest BCUT2D eigenvalue weighted by Crippen LogP contribution is 2.34. The zero-order chi connectivity index (χ0) is 17.8. The van der Waals surface area contributed by atoms with Gasteiger partial charge in [0.05, 0.1) is 12.9 Å². The van der Waals surface area contributed by atoms with Gasteiger partial charge in [0, 0.05) is 70.2 Å². The molecule has 4 rings (SSSR count). The third-order valence-electron chi connectivity index (χ3n) is 5.77. The maximum atomic E-state index is 13.8. The number of benzene rings is 1. The monoisotopic (exact) mass is 358 g/mol. The summed E-state index contributed by atoms with van der Waals surface area (Å²) < 4.78 is 21.6. The van der Waals surface area contributed by atoms with Gasteiger partial charge in [-0.05, 0) is 24.1 Å². The second kappa shape index (κ2) is 7.86. The zero-order valence-corrected chi connectivity index (χ0v) is 15.2. The molecule has 5 nitrogen and oxygen atoms in total. The lowest BCUT2D eigenvalue weighted by Crippen LogP contribution is -2.51. The largest absolute Gasteiger partial charge is 0.380 e. The molecule has 140 valence electrons. The van der Waals surface area contributed by atoms with E-state index in [1.165, 1.54) is 6.07 Å². The molecule has 2 aliphatic heterocycles. The number of rotatable bonds is 6. The molecule has 26 heavy (non-hydrogen) atoms. The maximum Gasteiger partial charge on any atom is 0.123 e. The molecule has 2 fully saturated rings. The molecule has 1 aromatic carbocycles. The summed E-state index contributed by atoms with van der Waals surface area (Å²) in [6, 6.07) is 7.08. The van der Waals surface area contributed by atoms with Crippen molar-refractivity contribution in [3.8, 4) is 0 Å². The van der Waals surface area contributed by atoms with Crippen LogP contribution in [0.25, 0.3) is 0 Å². The molecular formula is C20H27FN4O. The van der Waals surface area contributed by atoms with Crippen molar-refractivity contribution in [1.29, 1.82) is 0 Å². The first-order valence-electron chi connectivity index (χ1n) is 9.48. The molecule has 3 heterocycles. The molecule has 0 saturated carbocycles. The standard InChI is InChI=1S/C20H27FN4O/c21-19-3-1-2-18(14-19)20(4-13-26-16-20)15-24-10-7-23(8-11-24)9-12-25-6-5-22-17-25/h1-3,5-6,14,17H,4,7-13,15-16H2. The summed E-state index contributed by atoms with van der Waals surface area (Å²) in [5, 5.41) is 0. The predicted octanol–water partition coefficient (Wildman–Crippen LogP) is 2.00. The number of hydrogen-bond donors (Lipinski definition) is 0. The summed E-state index contributed by atoms with van der Waals surface area (Å²) in [5.74, 6) is -0.155. The normalized spacial score (nSPS) is 25.0. The van der Waals surface area contributed by atoms with Crippen LogP contribution in [0.5, 0.6) is 0 Å². The molecule has 2 aliphatic rings. The molecule has 1 atom stereocenters. The predicted molar refractivity (Wildman–Crippen MR) is 98.6 cm³/mol. The highest BCUT2D eigenvalue weighted by atomic mass is 19.1. The van der Waals surface area contributed by atoms with Gasteiger partial charge in [0.2, 0.25) is 0 Å². The van der Waals surface area contributed by atoms with E-state index in [1.807, 2.05) is 24.8 Å². The smallest absolute Gasteiger partial charge is 0.123 e. The first kappa shape index (κ1) is 17.6. The minimum absolute atomic E-state index is 0.0684. The molecule has 0 spiro atoms. The molecule has 0 radical (unpaired) electrons. The fourth-order valence-corrected chi connectivity index (χ4v) is 4.14. The molecule has 1 aromatic heterocycles. The van der Waals surface area contributed by atoms with E-state index in [0.29, 0.717) is 6.61 Å². The van der Waals surface area contributed by atoms with Crippen molar-refractivity contribution < 1.29 is 9.13 Å². The van der Waals surface area contributed by atoms with Crippen molar-refractivity contribution in [1.82, 2.24) is 19.4 Å². The Morgan fingerprint density at radius 3 is 2.65 bits per heavy atom. The van der Waals surface area contributed by atoms with Gasteiger partial charge in [-0.25, -0.2) is 9.37 Å². The van der Waals surface area contributed by atoms with Crippen molar-refractivity contribution in [3.63, 3.8) is 0 Å². The van der Waals surface area contributed by atoms with Crippen LogP contribution in [0.3, 0.4) is 0 Å². The molecule has 0 amide bonds. The van der Waals surface area contributed by atoms with Crippen molar-refractivity contribution in [2.75, 3.05) is 52.5 Å². The number of nitrogens with zero attached hydrogens (tertiary/aromatic N) is 4. The van der Waals surface area contributed by atoms with E-state index in [2.05, 4.69) is 25.4 Å². The van der Waals surface area contributed by atoms with Crippen LogP contribution in [-0.4, -0.2) is 71.8 Å². The Labute approximate surface area is 154 Å². The van der Waals surface area contributed by atoms with E-state index in [0.717, 1.165) is 64.4 Å². The van der Waals surface area contributed by atoms with Gasteiger partial charge in [0.15, 0.2) is 0 Å². The Bertz CT molecular complexity index is 692. The third-order valence-corrected chi connectivity index (χ3v) is 5.77. The number of aromatic nitrogens is 2. The Kier molecular flexibility index (Phi) is 5.33. The summed E-state index contributed by atoms with van der Waals surface area (Å²) in [5.41, 5.74) is 1.01. The SMILES string of the molecule is Fc1cccc(C2(CN3CCN(CCn4ccnc4)CC3)CCOC2)c1. The first-order valence-corrected chi connectivity index (χ1v) is 9.48. The van der Waals surface area contributed by atoms with Gasteiger partial charge in [-0.1, -0.05) is 12.1 Å². The van der Waals surface area contributed by atoms with Gasteiger partial charge < -0.3 is 9.30 Å².